The molecule has 3 heteroatoms. The van der Waals surface area contributed by atoms with E-state index < -0.39 is 0 Å². The second kappa shape index (κ2) is 6.71. The summed E-state index contributed by atoms with van der Waals surface area (Å²) < 4.78 is 0. The lowest BCUT2D eigenvalue weighted by Crippen LogP contribution is -2.49. The maximum atomic E-state index is 11.9. The van der Waals surface area contributed by atoms with Crippen molar-refractivity contribution in [2.45, 2.75) is 57.5 Å². The van der Waals surface area contributed by atoms with Crippen molar-refractivity contribution in [2.75, 3.05) is 0 Å². The molecular weight excluding hydrogens is 236 g/mol. The van der Waals surface area contributed by atoms with Crippen LogP contribution in [-0.2, 0) is 11.2 Å². The average Bonchev–Trinajstić information content (AvgIpc) is 2.39. The van der Waals surface area contributed by atoms with Crippen molar-refractivity contribution in [2.24, 2.45) is 5.73 Å². The minimum Gasteiger partial charge on any atom is -0.352 e. The van der Waals surface area contributed by atoms with Crippen LogP contribution >= 0.6 is 0 Å². The van der Waals surface area contributed by atoms with Gasteiger partial charge in [0.05, 0.1) is 0 Å². The predicted molar refractivity (Wildman–Crippen MR) is 77.9 cm³/mol. The van der Waals surface area contributed by atoms with Crippen LogP contribution in [0.25, 0.3) is 0 Å². The summed E-state index contributed by atoms with van der Waals surface area (Å²) in [5.41, 5.74) is 8.51. The van der Waals surface area contributed by atoms with Gasteiger partial charge in [0, 0.05) is 18.5 Å². The van der Waals surface area contributed by atoms with Crippen LogP contribution in [0.3, 0.4) is 0 Å². The zero-order chi connectivity index (χ0) is 13.7. The van der Waals surface area contributed by atoms with E-state index in [1.807, 2.05) is 6.07 Å². The lowest BCUT2D eigenvalue weighted by Gasteiger charge is -2.29. The summed E-state index contributed by atoms with van der Waals surface area (Å²) in [5.74, 6) is 0.129. The monoisotopic (exact) mass is 260 g/mol. The Morgan fingerprint density at radius 3 is 2.89 bits per heavy atom. The largest absolute Gasteiger partial charge is 0.352 e. The number of aryl methyl sites for hydroxylation is 2. The number of nitrogens with two attached hydrogens (primary N) is 1. The van der Waals surface area contributed by atoms with Crippen molar-refractivity contribution >= 4 is 5.91 Å². The molecule has 2 atom stereocenters. The van der Waals surface area contributed by atoms with E-state index in [0.29, 0.717) is 6.42 Å². The molecule has 0 saturated heterocycles. The van der Waals surface area contributed by atoms with Gasteiger partial charge in [0.15, 0.2) is 0 Å². The number of carbonyl (C=O) groups is 1. The fraction of sp³-hybridized carbons (Fsp3) is 0.562. The number of nitrogens with one attached hydrogen (secondary N) is 1. The first-order valence-corrected chi connectivity index (χ1v) is 7.25. The van der Waals surface area contributed by atoms with Crippen LogP contribution in [0.15, 0.2) is 24.3 Å². The minimum atomic E-state index is 0.129. The molecule has 104 valence electrons. The molecule has 0 aliphatic heterocycles. The maximum Gasteiger partial charge on any atom is 0.220 e. The van der Waals surface area contributed by atoms with Gasteiger partial charge in [0.25, 0.3) is 0 Å². The fourth-order valence-corrected chi connectivity index (χ4v) is 2.74. The number of hydrogen-bond donors (Lipinski definition) is 2. The summed E-state index contributed by atoms with van der Waals surface area (Å²) in [6, 6.07) is 8.65. The Morgan fingerprint density at radius 1 is 1.37 bits per heavy atom. The summed E-state index contributed by atoms with van der Waals surface area (Å²) >= 11 is 0. The Balaban J connectivity index is 1.78. The highest BCUT2D eigenvalue weighted by molar-refractivity contribution is 5.76. The molecule has 1 amide bonds. The lowest BCUT2D eigenvalue weighted by molar-refractivity contribution is -0.122. The Hall–Kier alpha value is -1.35. The van der Waals surface area contributed by atoms with Crippen molar-refractivity contribution in [1.82, 2.24) is 5.32 Å². The summed E-state index contributed by atoms with van der Waals surface area (Å²) in [7, 11) is 0. The van der Waals surface area contributed by atoms with E-state index in [1.165, 1.54) is 24.0 Å². The van der Waals surface area contributed by atoms with Gasteiger partial charge in [-0.1, -0.05) is 42.7 Å². The highest BCUT2D eigenvalue weighted by Crippen LogP contribution is 2.17. The number of benzene rings is 1. The first-order chi connectivity index (χ1) is 9.15. The van der Waals surface area contributed by atoms with Gasteiger partial charge in [-0.05, 0) is 31.7 Å². The maximum absolute atomic E-state index is 11.9. The highest BCUT2D eigenvalue weighted by Gasteiger charge is 2.22. The van der Waals surface area contributed by atoms with Crippen LogP contribution in [-0.4, -0.2) is 18.0 Å². The molecule has 1 aromatic carbocycles. The van der Waals surface area contributed by atoms with Gasteiger partial charge in [-0.15, -0.1) is 0 Å². The topological polar surface area (TPSA) is 55.1 Å². The Bertz CT molecular complexity index is 431. The molecule has 0 spiro atoms. The standard InChI is InChI=1S/C16H24N2O/c1-12-5-4-6-13(11-12)9-10-16(19)18-15-8-3-2-7-14(15)17/h4-6,11,14-15H,2-3,7-10,17H2,1H3,(H,18,19). The molecule has 1 saturated carbocycles. The van der Waals surface area contributed by atoms with E-state index >= 15 is 0 Å². The molecule has 2 rings (SSSR count). The van der Waals surface area contributed by atoms with E-state index in [0.717, 1.165) is 19.3 Å². The molecule has 3 N–H and O–H groups in total. The SMILES string of the molecule is Cc1cccc(CCC(=O)NC2CCCCC2N)c1. The van der Waals surface area contributed by atoms with Crippen molar-refractivity contribution in [3.8, 4) is 0 Å². The van der Waals surface area contributed by atoms with Crippen molar-refractivity contribution in [3.63, 3.8) is 0 Å². The van der Waals surface area contributed by atoms with Crippen LogP contribution in [0, 0.1) is 6.92 Å². The van der Waals surface area contributed by atoms with E-state index in [9.17, 15) is 4.79 Å². The molecule has 3 nitrogen and oxygen atoms in total. The zero-order valence-corrected chi connectivity index (χ0v) is 11.7. The molecule has 0 heterocycles. The van der Waals surface area contributed by atoms with Gasteiger partial charge in [-0.3, -0.25) is 4.79 Å². The van der Waals surface area contributed by atoms with Crippen LogP contribution in [0.5, 0.6) is 0 Å². The number of rotatable bonds is 4. The van der Waals surface area contributed by atoms with Crippen molar-refractivity contribution in [1.29, 1.82) is 0 Å². The molecule has 1 aliphatic rings. The van der Waals surface area contributed by atoms with Crippen molar-refractivity contribution < 1.29 is 4.79 Å². The van der Waals surface area contributed by atoms with Gasteiger partial charge in [0.2, 0.25) is 5.91 Å². The Morgan fingerprint density at radius 2 is 2.16 bits per heavy atom. The molecule has 0 bridgehead atoms. The Labute approximate surface area is 115 Å². The average molecular weight is 260 g/mol. The van der Waals surface area contributed by atoms with Gasteiger partial charge < -0.3 is 11.1 Å². The molecule has 1 fully saturated rings. The first kappa shape index (κ1) is 14.1. The molecule has 1 aliphatic carbocycles. The number of amides is 1. The number of hydrogen-bond acceptors (Lipinski definition) is 2. The second-order valence-electron chi connectivity index (χ2n) is 5.61. The van der Waals surface area contributed by atoms with Crippen LogP contribution in [0.1, 0.15) is 43.2 Å². The van der Waals surface area contributed by atoms with Gasteiger partial charge >= 0.3 is 0 Å². The highest BCUT2D eigenvalue weighted by atomic mass is 16.1. The molecule has 2 unspecified atom stereocenters. The van der Waals surface area contributed by atoms with Crippen molar-refractivity contribution in [3.05, 3.63) is 35.4 Å². The predicted octanol–water partition coefficient (Wildman–Crippen LogP) is 2.31. The zero-order valence-electron chi connectivity index (χ0n) is 11.7. The quantitative estimate of drug-likeness (QED) is 0.873. The summed E-state index contributed by atoms with van der Waals surface area (Å²) in [6.45, 7) is 2.07. The molecule has 0 radical (unpaired) electrons. The van der Waals surface area contributed by atoms with E-state index in [-0.39, 0.29) is 18.0 Å². The normalized spacial score (nSPS) is 23.1. The van der Waals surface area contributed by atoms with Gasteiger partial charge in [0.1, 0.15) is 0 Å². The molecular formula is C16H24N2O. The third-order valence-electron chi connectivity index (χ3n) is 3.89. The van der Waals surface area contributed by atoms with Gasteiger partial charge in [-0.2, -0.15) is 0 Å². The third-order valence-corrected chi connectivity index (χ3v) is 3.89. The first-order valence-electron chi connectivity index (χ1n) is 7.25. The third kappa shape index (κ3) is 4.35. The molecule has 19 heavy (non-hydrogen) atoms. The summed E-state index contributed by atoms with van der Waals surface area (Å²) in [5, 5.41) is 3.09. The fourth-order valence-electron chi connectivity index (χ4n) is 2.74. The lowest BCUT2D eigenvalue weighted by atomic mass is 9.91. The Kier molecular flexibility index (Phi) is 4.97. The summed E-state index contributed by atoms with van der Waals surface area (Å²) in [6.07, 6.45) is 5.77. The molecule has 1 aromatic rings. The van der Waals surface area contributed by atoms with Crippen LogP contribution in [0.4, 0.5) is 0 Å². The van der Waals surface area contributed by atoms with Gasteiger partial charge in [-0.25, -0.2) is 0 Å². The summed E-state index contributed by atoms with van der Waals surface area (Å²) in [4.78, 5) is 11.9. The number of carbonyl (C=O) groups excluding carboxylic acids is 1. The van der Waals surface area contributed by atoms with E-state index in [2.05, 4.69) is 30.4 Å². The van der Waals surface area contributed by atoms with Crippen LogP contribution < -0.4 is 11.1 Å². The van der Waals surface area contributed by atoms with E-state index in [1.54, 1.807) is 0 Å². The minimum absolute atomic E-state index is 0.129. The smallest absolute Gasteiger partial charge is 0.220 e. The van der Waals surface area contributed by atoms with E-state index in [4.69, 9.17) is 5.73 Å². The molecule has 0 aromatic heterocycles. The van der Waals surface area contributed by atoms with Crippen LogP contribution in [0.2, 0.25) is 0 Å². The second-order valence-corrected chi connectivity index (χ2v) is 5.61.